The molecule has 2 aliphatic carbocycles. The largest absolute Gasteiger partial charge is 0.461 e. The van der Waals surface area contributed by atoms with Gasteiger partial charge in [0.15, 0.2) is 0 Å². The molecule has 1 aliphatic heterocycles. The summed E-state index contributed by atoms with van der Waals surface area (Å²) >= 11 is 1.02. The maximum absolute atomic E-state index is 13.6. The number of nitrogens with zero attached hydrogens (tertiary/aromatic N) is 2. The maximum Gasteiger partial charge on any atom is 0.356 e. The van der Waals surface area contributed by atoms with Gasteiger partial charge in [0.05, 0.1) is 17.8 Å². The minimum Gasteiger partial charge on any atom is -0.461 e. The van der Waals surface area contributed by atoms with E-state index >= 15 is 0 Å². The molecule has 2 amide bonds. The quantitative estimate of drug-likeness (QED) is 0.457. The number of esters is 1. The highest BCUT2D eigenvalue weighted by Gasteiger charge is 2.34. The lowest BCUT2D eigenvalue weighted by Crippen LogP contribution is -2.52. The zero-order valence-electron chi connectivity index (χ0n) is 20.8. The number of aromatic nitrogens is 2. The molecule has 36 heavy (non-hydrogen) atoms. The van der Waals surface area contributed by atoms with E-state index < -0.39 is 15.8 Å². The summed E-state index contributed by atoms with van der Waals surface area (Å²) in [7, 11) is -4.00. The van der Waals surface area contributed by atoms with Crippen molar-refractivity contribution < 1.29 is 22.7 Å². The fourth-order valence-electron chi connectivity index (χ4n) is 5.21. The number of carbonyl (C=O) groups is 2. The van der Waals surface area contributed by atoms with Crippen molar-refractivity contribution in [1.29, 1.82) is 0 Å². The van der Waals surface area contributed by atoms with Crippen molar-refractivity contribution in [2.24, 2.45) is 0 Å². The highest BCUT2D eigenvalue weighted by molar-refractivity contribution is 8.20. The van der Waals surface area contributed by atoms with E-state index in [1.807, 2.05) is 6.08 Å². The van der Waals surface area contributed by atoms with Crippen LogP contribution in [0.4, 0.5) is 4.79 Å². The first-order valence-corrected chi connectivity index (χ1v) is 15.3. The van der Waals surface area contributed by atoms with Crippen molar-refractivity contribution in [3.8, 4) is 0 Å². The number of hydrogen-bond donors (Lipinski definition) is 2. The topological polar surface area (TPSA) is 121 Å². The number of imidazole rings is 1. The van der Waals surface area contributed by atoms with E-state index in [1.54, 1.807) is 13.0 Å². The Morgan fingerprint density at radius 2 is 1.67 bits per heavy atom. The van der Waals surface area contributed by atoms with Gasteiger partial charge in [0.1, 0.15) is 9.93 Å². The molecule has 0 atom stereocenters. The van der Waals surface area contributed by atoms with E-state index in [9.17, 15) is 18.0 Å². The van der Waals surface area contributed by atoms with Gasteiger partial charge in [-0.05, 0) is 45.4 Å². The van der Waals surface area contributed by atoms with Crippen molar-refractivity contribution in [2.45, 2.75) is 101 Å². The van der Waals surface area contributed by atoms with Crippen LogP contribution in [0.5, 0.6) is 0 Å². The van der Waals surface area contributed by atoms with Crippen LogP contribution < -0.4 is 5.32 Å². The van der Waals surface area contributed by atoms with E-state index in [1.165, 1.54) is 12.8 Å². The number of sulfone groups is 1. The SMILES string of the molecule is CCOC(=O)c1cnc(S(=O)(=O)C2=CCCC=C(NC(=O)N(C3CCCCC3)C3CCCCC3)S2)[nH]1. The predicted molar refractivity (Wildman–Crippen MR) is 139 cm³/mol. The summed E-state index contributed by atoms with van der Waals surface area (Å²) in [6.45, 7) is 1.85. The number of hydrogen-bond acceptors (Lipinski definition) is 7. The number of aromatic amines is 1. The lowest BCUT2D eigenvalue weighted by molar-refractivity contribution is 0.0519. The molecule has 11 heteroatoms. The van der Waals surface area contributed by atoms with Gasteiger partial charge in [0.2, 0.25) is 15.0 Å². The third-order valence-electron chi connectivity index (χ3n) is 6.99. The number of rotatable bonds is 7. The molecule has 198 valence electrons. The molecular weight excluding hydrogens is 500 g/mol. The zero-order chi connectivity index (χ0) is 25.5. The third-order valence-corrected chi connectivity index (χ3v) is 10.2. The van der Waals surface area contributed by atoms with Crippen LogP contribution in [-0.4, -0.2) is 54.0 Å². The molecule has 0 saturated heterocycles. The Labute approximate surface area is 217 Å². The summed E-state index contributed by atoms with van der Waals surface area (Å²) in [4.78, 5) is 34.1. The summed E-state index contributed by atoms with van der Waals surface area (Å²) in [5.74, 6) is -0.660. The second-order valence-electron chi connectivity index (χ2n) is 9.52. The number of carbonyl (C=O) groups excluding carboxylic acids is 2. The van der Waals surface area contributed by atoms with Crippen LogP contribution >= 0.6 is 11.8 Å². The van der Waals surface area contributed by atoms with E-state index in [0.717, 1.165) is 69.3 Å². The Balaban J connectivity index is 1.49. The number of allylic oxidation sites excluding steroid dienone is 2. The van der Waals surface area contributed by atoms with Gasteiger partial charge >= 0.3 is 12.0 Å². The van der Waals surface area contributed by atoms with Crippen molar-refractivity contribution >= 4 is 33.6 Å². The van der Waals surface area contributed by atoms with Crippen LogP contribution in [0.3, 0.4) is 0 Å². The summed E-state index contributed by atoms with van der Waals surface area (Å²) in [5, 5.41) is 3.25. The molecule has 3 aliphatic rings. The molecule has 0 bridgehead atoms. The Morgan fingerprint density at radius 3 is 2.28 bits per heavy atom. The normalized spacial score (nSPS) is 20.1. The lowest BCUT2D eigenvalue weighted by Gasteiger charge is -2.41. The van der Waals surface area contributed by atoms with Gasteiger partial charge in [-0.3, -0.25) is 0 Å². The molecule has 1 aromatic heterocycles. The lowest BCUT2D eigenvalue weighted by atomic mass is 9.89. The molecule has 4 rings (SSSR count). The predicted octanol–water partition coefficient (Wildman–Crippen LogP) is 5.25. The third kappa shape index (κ3) is 6.34. The van der Waals surface area contributed by atoms with Gasteiger partial charge in [0, 0.05) is 12.1 Å². The van der Waals surface area contributed by atoms with Gasteiger partial charge < -0.3 is 19.9 Å². The summed E-state index contributed by atoms with van der Waals surface area (Å²) in [6.07, 6.45) is 16.9. The smallest absolute Gasteiger partial charge is 0.356 e. The standard InChI is InChI=1S/C25H36N4O5S2/c1-2-34-23(30)20-17-26-24(27-20)36(32,33)22-16-10-9-15-21(35-22)28-25(31)29(18-11-5-3-6-12-18)19-13-7-4-8-14-19/h15-19H,2-14H2,1H3,(H,26,27)(H,28,31). The molecule has 1 aromatic rings. The summed E-state index contributed by atoms with van der Waals surface area (Å²) in [5.41, 5.74) is -0.0191. The Morgan fingerprint density at radius 1 is 1.06 bits per heavy atom. The van der Waals surface area contributed by atoms with Crippen molar-refractivity contribution in [2.75, 3.05) is 6.61 Å². The molecule has 9 nitrogen and oxygen atoms in total. The van der Waals surface area contributed by atoms with Crippen LogP contribution in [0, 0.1) is 0 Å². The maximum atomic E-state index is 13.6. The van der Waals surface area contributed by atoms with Gasteiger partial charge in [-0.25, -0.2) is 23.0 Å². The average molecular weight is 537 g/mol. The molecule has 0 radical (unpaired) electrons. The van der Waals surface area contributed by atoms with Gasteiger partial charge in [-0.15, -0.1) is 0 Å². The summed E-state index contributed by atoms with van der Waals surface area (Å²) < 4.78 is 31.6. The first kappa shape index (κ1) is 26.8. The van der Waals surface area contributed by atoms with Crippen molar-refractivity contribution in [3.05, 3.63) is 33.3 Å². The Kier molecular flexibility index (Phi) is 9.16. The molecule has 2 heterocycles. The molecule has 2 N–H and O–H groups in total. The van der Waals surface area contributed by atoms with Gasteiger partial charge in [0.25, 0.3) is 0 Å². The number of amides is 2. The van der Waals surface area contributed by atoms with E-state index in [4.69, 9.17) is 4.74 Å². The van der Waals surface area contributed by atoms with Crippen molar-refractivity contribution in [3.63, 3.8) is 0 Å². The number of H-pyrrole nitrogens is 1. The highest BCUT2D eigenvalue weighted by atomic mass is 32.3. The minimum absolute atomic E-state index is 0.0191. The Hall–Kier alpha value is -2.27. The Bertz CT molecular complexity index is 1080. The second kappa shape index (κ2) is 12.3. The fraction of sp³-hybridized carbons (Fsp3) is 0.640. The average Bonchev–Trinajstić information content (AvgIpc) is 3.27. The summed E-state index contributed by atoms with van der Waals surface area (Å²) in [6, 6.07) is 0.344. The van der Waals surface area contributed by atoms with Gasteiger partial charge in [-0.2, -0.15) is 0 Å². The molecule has 0 unspecified atom stereocenters. The van der Waals surface area contributed by atoms with E-state index in [2.05, 4.69) is 20.2 Å². The molecule has 0 aromatic carbocycles. The zero-order valence-corrected chi connectivity index (χ0v) is 22.5. The first-order valence-electron chi connectivity index (χ1n) is 13.0. The van der Waals surface area contributed by atoms with Crippen LogP contribution in [0.1, 0.15) is 94.5 Å². The van der Waals surface area contributed by atoms with Crippen LogP contribution in [0.2, 0.25) is 0 Å². The van der Waals surface area contributed by atoms with Crippen LogP contribution in [0.25, 0.3) is 0 Å². The monoisotopic (exact) mass is 536 g/mol. The molecule has 2 saturated carbocycles. The van der Waals surface area contributed by atoms with E-state index in [-0.39, 0.29) is 39.8 Å². The first-order chi connectivity index (χ1) is 17.4. The molecule has 2 fully saturated rings. The number of nitrogens with one attached hydrogen (secondary N) is 2. The van der Waals surface area contributed by atoms with Crippen molar-refractivity contribution in [1.82, 2.24) is 20.2 Å². The highest BCUT2D eigenvalue weighted by Crippen LogP contribution is 2.36. The number of ether oxygens (including phenoxy) is 1. The van der Waals surface area contributed by atoms with Crippen LogP contribution in [-0.2, 0) is 14.6 Å². The number of urea groups is 1. The molecular formula is C25H36N4O5S2. The number of thioether (sulfide) groups is 1. The van der Waals surface area contributed by atoms with E-state index in [0.29, 0.717) is 17.9 Å². The fourth-order valence-corrected chi connectivity index (χ4v) is 7.88. The second-order valence-corrected chi connectivity index (χ2v) is 12.7. The van der Waals surface area contributed by atoms with Crippen LogP contribution in [0.15, 0.2) is 32.8 Å². The minimum atomic E-state index is -4.00. The molecule has 0 spiro atoms. The van der Waals surface area contributed by atoms with Gasteiger partial charge in [-0.1, -0.05) is 62.4 Å².